The van der Waals surface area contributed by atoms with Crippen molar-refractivity contribution in [2.45, 2.75) is 0 Å². The van der Waals surface area contributed by atoms with Gasteiger partial charge in [-0.1, -0.05) is 23.7 Å². The molecular formula is C16H14ClNO5. The average Bonchev–Trinajstić information content (AvgIpc) is 2.54. The highest BCUT2D eigenvalue weighted by Crippen LogP contribution is 2.27. The van der Waals surface area contributed by atoms with Crippen molar-refractivity contribution in [1.29, 1.82) is 0 Å². The molecule has 0 aliphatic rings. The largest absolute Gasteiger partial charge is 0.495 e. The first-order valence-corrected chi connectivity index (χ1v) is 6.97. The number of aromatic carboxylic acids is 1. The Labute approximate surface area is 137 Å². The molecule has 0 fully saturated rings. The third kappa shape index (κ3) is 4.37. The van der Waals surface area contributed by atoms with Crippen LogP contribution in [0, 0.1) is 0 Å². The minimum Gasteiger partial charge on any atom is -0.495 e. The van der Waals surface area contributed by atoms with Gasteiger partial charge in [-0.15, -0.1) is 0 Å². The van der Waals surface area contributed by atoms with Gasteiger partial charge in [0.05, 0.1) is 12.8 Å². The zero-order valence-electron chi connectivity index (χ0n) is 12.2. The van der Waals surface area contributed by atoms with Crippen LogP contribution >= 0.6 is 11.6 Å². The molecule has 1 amide bonds. The molecule has 0 aliphatic carbocycles. The van der Waals surface area contributed by atoms with E-state index in [-0.39, 0.29) is 17.9 Å². The number of ether oxygens (including phenoxy) is 2. The summed E-state index contributed by atoms with van der Waals surface area (Å²) >= 11 is 5.85. The molecule has 0 aromatic heterocycles. The van der Waals surface area contributed by atoms with Gasteiger partial charge in [0.25, 0.3) is 5.91 Å². The Bertz CT molecular complexity index is 732. The van der Waals surface area contributed by atoms with E-state index >= 15 is 0 Å². The van der Waals surface area contributed by atoms with E-state index in [9.17, 15) is 9.59 Å². The fourth-order valence-electron chi connectivity index (χ4n) is 1.87. The Kier molecular flexibility index (Phi) is 5.43. The van der Waals surface area contributed by atoms with Crippen LogP contribution in [0.2, 0.25) is 5.02 Å². The van der Waals surface area contributed by atoms with Crippen molar-refractivity contribution in [2.75, 3.05) is 19.0 Å². The Morgan fingerprint density at radius 3 is 2.61 bits per heavy atom. The second-order valence-electron chi connectivity index (χ2n) is 4.48. The van der Waals surface area contributed by atoms with Crippen molar-refractivity contribution in [2.24, 2.45) is 0 Å². The molecule has 7 heteroatoms. The number of hydrogen-bond acceptors (Lipinski definition) is 4. The predicted molar refractivity (Wildman–Crippen MR) is 85.5 cm³/mol. The molecule has 2 aromatic carbocycles. The fraction of sp³-hybridized carbons (Fsp3) is 0.125. The van der Waals surface area contributed by atoms with E-state index in [0.717, 1.165) is 0 Å². The van der Waals surface area contributed by atoms with Gasteiger partial charge in [0.15, 0.2) is 6.61 Å². The topological polar surface area (TPSA) is 84.9 Å². The normalized spacial score (nSPS) is 10.0. The molecule has 0 unspecified atom stereocenters. The molecule has 0 saturated carbocycles. The van der Waals surface area contributed by atoms with Crippen molar-refractivity contribution in [1.82, 2.24) is 0 Å². The van der Waals surface area contributed by atoms with E-state index in [1.165, 1.54) is 19.2 Å². The van der Waals surface area contributed by atoms with Gasteiger partial charge in [0.1, 0.15) is 17.1 Å². The van der Waals surface area contributed by atoms with Crippen LogP contribution in [0.4, 0.5) is 5.69 Å². The number of anilines is 1. The highest BCUT2D eigenvalue weighted by molar-refractivity contribution is 6.30. The SMILES string of the molecule is COc1cc(Cl)ccc1NC(=O)COc1ccccc1C(=O)O. The van der Waals surface area contributed by atoms with Gasteiger partial charge in [-0.2, -0.15) is 0 Å². The van der Waals surface area contributed by atoms with Crippen molar-refractivity contribution in [3.8, 4) is 11.5 Å². The summed E-state index contributed by atoms with van der Waals surface area (Å²) in [6, 6.07) is 10.9. The molecular weight excluding hydrogens is 322 g/mol. The quantitative estimate of drug-likeness (QED) is 0.847. The lowest BCUT2D eigenvalue weighted by Crippen LogP contribution is -2.21. The number of benzene rings is 2. The zero-order chi connectivity index (χ0) is 16.8. The van der Waals surface area contributed by atoms with E-state index in [2.05, 4.69) is 5.32 Å². The van der Waals surface area contributed by atoms with Crippen LogP contribution in [0.5, 0.6) is 11.5 Å². The molecule has 23 heavy (non-hydrogen) atoms. The maximum atomic E-state index is 11.9. The first-order valence-electron chi connectivity index (χ1n) is 6.59. The number of rotatable bonds is 6. The summed E-state index contributed by atoms with van der Waals surface area (Å²) < 4.78 is 10.4. The molecule has 0 atom stereocenters. The van der Waals surface area contributed by atoms with Crippen LogP contribution in [0.1, 0.15) is 10.4 Å². The third-order valence-corrected chi connectivity index (χ3v) is 3.15. The minimum absolute atomic E-state index is 0.00984. The van der Waals surface area contributed by atoms with Gasteiger partial charge in [0, 0.05) is 11.1 Å². The molecule has 0 spiro atoms. The summed E-state index contributed by atoms with van der Waals surface area (Å²) in [6.07, 6.45) is 0. The first kappa shape index (κ1) is 16.6. The Hall–Kier alpha value is -2.73. The van der Waals surface area contributed by atoms with E-state index in [4.69, 9.17) is 26.2 Å². The lowest BCUT2D eigenvalue weighted by atomic mass is 10.2. The molecule has 0 saturated heterocycles. The molecule has 0 aliphatic heterocycles. The van der Waals surface area contributed by atoms with E-state index in [1.807, 2.05) is 0 Å². The summed E-state index contributed by atoms with van der Waals surface area (Å²) in [4.78, 5) is 23.0. The van der Waals surface area contributed by atoms with Gasteiger partial charge < -0.3 is 19.9 Å². The summed E-state index contributed by atoms with van der Waals surface area (Å²) in [7, 11) is 1.46. The molecule has 6 nitrogen and oxygen atoms in total. The number of carbonyl (C=O) groups is 2. The molecule has 0 radical (unpaired) electrons. The van der Waals surface area contributed by atoms with Gasteiger partial charge in [-0.25, -0.2) is 4.79 Å². The lowest BCUT2D eigenvalue weighted by molar-refractivity contribution is -0.118. The fourth-order valence-corrected chi connectivity index (χ4v) is 2.03. The lowest BCUT2D eigenvalue weighted by Gasteiger charge is -2.12. The Balaban J connectivity index is 2.03. The van der Waals surface area contributed by atoms with Gasteiger partial charge in [-0.3, -0.25) is 4.79 Å². The van der Waals surface area contributed by atoms with Crippen molar-refractivity contribution < 1.29 is 24.2 Å². The van der Waals surface area contributed by atoms with Gasteiger partial charge in [0.2, 0.25) is 0 Å². The Morgan fingerprint density at radius 1 is 1.17 bits per heavy atom. The molecule has 0 heterocycles. The van der Waals surface area contributed by atoms with Crippen LogP contribution < -0.4 is 14.8 Å². The smallest absolute Gasteiger partial charge is 0.339 e. The average molecular weight is 336 g/mol. The number of halogens is 1. The summed E-state index contributed by atoms with van der Waals surface area (Å²) in [5.41, 5.74) is 0.432. The zero-order valence-corrected chi connectivity index (χ0v) is 13.0. The third-order valence-electron chi connectivity index (χ3n) is 2.91. The summed E-state index contributed by atoms with van der Waals surface area (Å²) in [5, 5.41) is 12.1. The molecule has 2 N–H and O–H groups in total. The first-order chi connectivity index (χ1) is 11.0. The second kappa shape index (κ2) is 7.51. The minimum atomic E-state index is -1.12. The maximum Gasteiger partial charge on any atom is 0.339 e. The van der Waals surface area contributed by atoms with Crippen molar-refractivity contribution in [3.63, 3.8) is 0 Å². The summed E-state index contributed by atoms with van der Waals surface area (Å²) in [5.74, 6) is -1.04. The van der Waals surface area contributed by atoms with Gasteiger partial charge in [-0.05, 0) is 24.3 Å². The molecule has 2 aromatic rings. The standard InChI is InChI=1S/C16H14ClNO5/c1-22-14-8-10(17)6-7-12(14)18-15(19)9-23-13-5-3-2-4-11(13)16(20)21/h2-8H,9H2,1H3,(H,18,19)(H,20,21). The predicted octanol–water partition coefficient (Wildman–Crippen LogP) is 3.06. The molecule has 2 rings (SSSR count). The monoisotopic (exact) mass is 335 g/mol. The van der Waals surface area contributed by atoms with Crippen LogP contribution in [-0.4, -0.2) is 30.7 Å². The molecule has 0 bridgehead atoms. The number of para-hydroxylation sites is 1. The Morgan fingerprint density at radius 2 is 1.91 bits per heavy atom. The maximum absolute atomic E-state index is 11.9. The number of amides is 1. The number of carbonyl (C=O) groups excluding carboxylic acids is 1. The highest BCUT2D eigenvalue weighted by atomic mass is 35.5. The van der Waals surface area contributed by atoms with Crippen molar-refractivity contribution in [3.05, 3.63) is 53.1 Å². The number of carboxylic acids is 1. The molecule has 120 valence electrons. The second-order valence-corrected chi connectivity index (χ2v) is 4.92. The van der Waals surface area contributed by atoms with Crippen molar-refractivity contribution >= 4 is 29.2 Å². The van der Waals surface area contributed by atoms with Gasteiger partial charge >= 0.3 is 5.97 Å². The van der Waals surface area contributed by atoms with E-state index < -0.39 is 11.9 Å². The number of hydrogen-bond donors (Lipinski definition) is 2. The number of nitrogens with one attached hydrogen (secondary N) is 1. The van der Waals surface area contributed by atoms with Crippen LogP contribution in [0.25, 0.3) is 0 Å². The van der Waals surface area contributed by atoms with Crippen LogP contribution in [-0.2, 0) is 4.79 Å². The van der Waals surface area contributed by atoms with Crippen LogP contribution in [0.3, 0.4) is 0 Å². The van der Waals surface area contributed by atoms with E-state index in [1.54, 1.807) is 30.3 Å². The van der Waals surface area contributed by atoms with E-state index in [0.29, 0.717) is 16.5 Å². The summed E-state index contributed by atoms with van der Waals surface area (Å²) in [6.45, 7) is -0.337. The highest BCUT2D eigenvalue weighted by Gasteiger charge is 2.13. The number of methoxy groups -OCH3 is 1. The number of carboxylic acid groups (broad SMARTS) is 1. The van der Waals surface area contributed by atoms with Crippen LogP contribution in [0.15, 0.2) is 42.5 Å².